The number of aromatic nitrogens is 3. The van der Waals surface area contributed by atoms with Crippen LogP contribution in [0.2, 0.25) is 0 Å². The minimum atomic E-state index is -0.651. The van der Waals surface area contributed by atoms with Gasteiger partial charge in [-0.1, -0.05) is 97.1 Å². The number of benzene rings is 4. The Balaban J connectivity index is 1.56. The zero-order valence-corrected chi connectivity index (χ0v) is 21.2. The van der Waals surface area contributed by atoms with Crippen LogP contribution >= 0.6 is 0 Å². The number of nitrogen functional groups attached to an aromatic ring is 1. The van der Waals surface area contributed by atoms with Crippen LogP contribution in [0, 0.1) is 6.92 Å². The first-order chi connectivity index (χ1) is 18.6. The third-order valence-electron chi connectivity index (χ3n) is 7.42. The van der Waals surface area contributed by atoms with E-state index in [2.05, 4.69) is 84.3 Å². The molecule has 0 amide bonds. The molecular weight excluding hydrogens is 468 g/mol. The van der Waals surface area contributed by atoms with Crippen LogP contribution < -0.4 is 11.3 Å². The van der Waals surface area contributed by atoms with Crippen LogP contribution in [0.1, 0.15) is 28.1 Å². The summed E-state index contributed by atoms with van der Waals surface area (Å²) in [6, 6.07) is 38.9. The lowest BCUT2D eigenvalue weighted by atomic mass is 9.76. The molecule has 0 aliphatic heterocycles. The lowest BCUT2D eigenvalue weighted by Crippen LogP contribution is -2.38. The van der Waals surface area contributed by atoms with Crippen molar-refractivity contribution in [2.75, 3.05) is 5.73 Å². The highest BCUT2D eigenvalue weighted by atomic mass is 16.1. The Kier molecular flexibility index (Phi) is 5.89. The maximum atomic E-state index is 13.3. The molecule has 5 heteroatoms. The number of anilines is 1. The van der Waals surface area contributed by atoms with Crippen molar-refractivity contribution in [3.05, 3.63) is 166 Å². The minimum Gasteiger partial charge on any atom is -0.398 e. The molecule has 0 aliphatic carbocycles. The van der Waals surface area contributed by atoms with Gasteiger partial charge in [-0.15, -0.1) is 0 Å². The van der Waals surface area contributed by atoms with Crippen LogP contribution in [0.25, 0.3) is 10.8 Å². The summed E-state index contributed by atoms with van der Waals surface area (Å²) in [5.41, 5.74) is 11.2. The van der Waals surface area contributed by atoms with Crippen LogP contribution in [0.3, 0.4) is 0 Å². The van der Waals surface area contributed by atoms with E-state index in [9.17, 15) is 4.79 Å². The van der Waals surface area contributed by atoms with Gasteiger partial charge >= 0.3 is 0 Å². The van der Waals surface area contributed by atoms with Gasteiger partial charge in [0.25, 0.3) is 5.56 Å². The first-order valence-corrected chi connectivity index (χ1v) is 12.7. The standard InChI is InChI=1S/C33H28N4O/c1-24-31(22-36-21-20-28-29(32(36)38)18-11-19-30(28)34)35-23-37(24)33(25-12-5-2-6-13-25,26-14-7-3-8-15-26)27-16-9-4-10-17-27/h2-21,23H,22,34H2,1H3. The Hall–Kier alpha value is -4.90. The minimum absolute atomic E-state index is 0.0795. The molecule has 0 spiro atoms. The second-order valence-corrected chi connectivity index (χ2v) is 9.51. The van der Waals surface area contributed by atoms with Gasteiger partial charge in [0.15, 0.2) is 0 Å². The highest BCUT2D eigenvalue weighted by Gasteiger charge is 2.39. The van der Waals surface area contributed by atoms with Crippen molar-refractivity contribution in [1.29, 1.82) is 0 Å². The van der Waals surface area contributed by atoms with Crippen LogP contribution in [0.4, 0.5) is 5.69 Å². The van der Waals surface area contributed by atoms with Gasteiger partial charge in [0.2, 0.25) is 0 Å². The van der Waals surface area contributed by atoms with E-state index in [0.29, 0.717) is 17.6 Å². The Morgan fingerprint density at radius 2 is 1.26 bits per heavy atom. The maximum Gasteiger partial charge on any atom is 0.258 e. The fourth-order valence-electron chi connectivity index (χ4n) is 5.52. The number of pyridine rings is 1. The van der Waals surface area contributed by atoms with Crippen molar-refractivity contribution >= 4 is 16.5 Å². The SMILES string of the molecule is Cc1c(Cn2ccc3c(N)cccc3c2=O)ncn1C(c1ccccc1)(c1ccccc1)c1ccccc1. The summed E-state index contributed by atoms with van der Waals surface area (Å²) in [4.78, 5) is 18.2. The van der Waals surface area contributed by atoms with E-state index in [1.807, 2.05) is 48.8 Å². The Labute approximate surface area is 221 Å². The molecule has 38 heavy (non-hydrogen) atoms. The maximum absolute atomic E-state index is 13.3. The number of nitrogens with zero attached hydrogens (tertiary/aromatic N) is 3. The molecule has 0 unspecified atom stereocenters. The fourth-order valence-corrected chi connectivity index (χ4v) is 5.52. The number of nitrogens with two attached hydrogens (primary N) is 1. The predicted molar refractivity (Wildman–Crippen MR) is 153 cm³/mol. The topological polar surface area (TPSA) is 65.8 Å². The number of fused-ring (bicyclic) bond motifs is 1. The van der Waals surface area contributed by atoms with E-state index in [1.54, 1.807) is 10.8 Å². The van der Waals surface area contributed by atoms with E-state index < -0.39 is 5.54 Å². The first kappa shape index (κ1) is 23.5. The largest absolute Gasteiger partial charge is 0.398 e. The monoisotopic (exact) mass is 496 g/mol. The lowest BCUT2D eigenvalue weighted by Gasteiger charge is -2.38. The van der Waals surface area contributed by atoms with Gasteiger partial charge in [0, 0.05) is 28.4 Å². The molecule has 0 saturated heterocycles. The third-order valence-corrected chi connectivity index (χ3v) is 7.42. The molecular formula is C33H28N4O. The molecule has 186 valence electrons. The molecule has 0 aliphatic rings. The van der Waals surface area contributed by atoms with Gasteiger partial charge in [-0.25, -0.2) is 4.98 Å². The summed E-state index contributed by atoms with van der Waals surface area (Å²) in [6.45, 7) is 2.44. The molecule has 0 bridgehead atoms. The van der Waals surface area contributed by atoms with Gasteiger partial charge in [-0.05, 0) is 41.8 Å². The van der Waals surface area contributed by atoms with E-state index in [1.165, 1.54) is 0 Å². The molecule has 0 fully saturated rings. The number of hydrogen-bond donors (Lipinski definition) is 1. The van der Waals surface area contributed by atoms with Gasteiger partial charge < -0.3 is 14.9 Å². The van der Waals surface area contributed by atoms with Gasteiger partial charge in [-0.2, -0.15) is 0 Å². The highest BCUT2D eigenvalue weighted by molar-refractivity contribution is 5.91. The molecule has 6 rings (SSSR count). The molecule has 5 nitrogen and oxygen atoms in total. The van der Waals surface area contributed by atoms with Gasteiger partial charge in [0.1, 0.15) is 5.54 Å². The summed E-state index contributed by atoms with van der Waals surface area (Å²) >= 11 is 0. The average molecular weight is 497 g/mol. The Morgan fingerprint density at radius 1 is 0.711 bits per heavy atom. The zero-order valence-electron chi connectivity index (χ0n) is 21.2. The molecule has 0 radical (unpaired) electrons. The Morgan fingerprint density at radius 3 is 1.82 bits per heavy atom. The van der Waals surface area contributed by atoms with Crippen LogP contribution in [-0.4, -0.2) is 14.1 Å². The molecule has 2 N–H and O–H groups in total. The number of rotatable bonds is 6. The van der Waals surface area contributed by atoms with Crippen molar-refractivity contribution in [1.82, 2.24) is 14.1 Å². The molecule has 2 heterocycles. The van der Waals surface area contributed by atoms with E-state index >= 15 is 0 Å². The summed E-state index contributed by atoms with van der Waals surface area (Å²) in [5, 5.41) is 1.38. The fraction of sp³-hybridized carbons (Fsp3) is 0.0909. The van der Waals surface area contributed by atoms with Crippen molar-refractivity contribution in [2.24, 2.45) is 0 Å². The van der Waals surface area contributed by atoms with Crippen molar-refractivity contribution in [2.45, 2.75) is 19.0 Å². The summed E-state index contributed by atoms with van der Waals surface area (Å²) in [6.07, 6.45) is 3.71. The van der Waals surface area contributed by atoms with Crippen LogP contribution in [-0.2, 0) is 12.1 Å². The molecule has 0 atom stereocenters. The lowest BCUT2D eigenvalue weighted by molar-refractivity contribution is 0.502. The molecule has 0 saturated carbocycles. The van der Waals surface area contributed by atoms with Crippen molar-refractivity contribution in [3.8, 4) is 0 Å². The molecule has 4 aromatic carbocycles. The average Bonchev–Trinajstić information content (AvgIpc) is 3.33. The summed E-state index contributed by atoms with van der Waals surface area (Å²) in [7, 11) is 0. The smallest absolute Gasteiger partial charge is 0.258 e. The van der Waals surface area contributed by atoms with Crippen LogP contribution in [0.15, 0.2) is 133 Å². The number of imidazole rings is 1. The first-order valence-electron chi connectivity index (χ1n) is 12.7. The predicted octanol–water partition coefficient (Wildman–Crippen LogP) is 5.98. The van der Waals surface area contributed by atoms with Crippen molar-refractivity contribution < 1.29 is 0 Å². The number of hydrogen-bond acceptors (Lipinski definition) is 3. The quantitative estimate of drug-likeness (QED) is 0.228. The summed E-state index contributed by atoms with van der Waals surface area (Å²) < 4.78 is 3.95. The van der Waals surface area contributed by atoms with E-state index in [0.717, 1.165) is 33.5 Å². The van der Waals surface area contributed by atoms with Gasteiger partial charge in [0.05, 0.1) is 18.6 Å². The second kappa shape index (κ2) is 9.52. The van der Waals surface area contributed by atoms with E-state index in [-0.39, 0.29) is 5.56 Å². The molecule has 6 aromatic rings. The normalized spacial score (nSPS) is 11.6. The Bertz CT molecular complexity index is 1670. The van der Waals surface area contributed by atoms with Crippen LogP contribution in [0.5, 0.6) is 0 Å². The van der Waals surface area contributed by atoms with E-state index in [4.69, 9.17) is 10.7 Å². The summed E-state index contributed by atoms with van der Waals surface area (Å²) in [5.74, 6) is 0. The zero-order chi connectivity index (χ0) is 26.1. The highest BCUT2D eigenvalue weighted by Crippen LogP contribution is 2.41. The van der Waals surface area contributed by atoms with Gasteiger partial charge in [-0.3, -0.25) is 4.79 Å². The third kappa shape index (κ3) is 3.71. The molecule has 2 aromatic heterocycles. The van der Waals surface area contributed by atoms with Crippen molar-refractivity contribution in [3.63, 3.8) is 0 Å². The second-order valence-electron chi connectivity index (χ2n) is 9.51.